The quantitative estimate of drug-likeness (QED) is 0.340. The minimum Gasteiger partial charge on any atom is -0.481 e. The van der Waals surface area contributed by atoms with Crippen LogP contribution in [0, 0.1) is 11.7 Å². The van der Waals surface area contributed by atoms with E-state index >= 15 is 0 Å². The number of ketones is 1. The summed E-state index contributed by atoms with van der Waals surface area (Å²) in [4.78, 5) is 36.4. The van der Waals surface area contributed by atoms with Gasteiger partial charge in [0.1, 0.15) is 17.6 Å². The van der Waals surface area contributed by atoms with Gasteiger partial charge in [0.2, 0.25) is 5.91 Å². The molecule has 3 rings (SSSR count). The molecule has 0 aromatic heterocycles. The summed E-state index contributed by atoms with van der Waals surface area (Å²) in [6.07, 6.45) is 0.813. The maximum atomic E-state index is 14.2. The van der Waals surface area contributed by atoms with Gasteiger partial charge in [0.25, 0.3) is 0 Å². The van der Waals surface area contributed by atoms with Crippen LogP contribution in [0.25, 0.3) is 11.1 Å². The van der Waals surface area contributed by atoms with Crippen LogP contribution in [0.4, 0.5) is 4.39 Å². The van der Waals surface area contributed by atoms with Gasteiger partial charge >= 0.3 is 5.97 Å². The van der Waals surface area contributed by atoms with Gasteiger partial charge in [-0.25, -0.2) is 15.2 Å². The molecule has 1 saturated heterocycles. The van der Waals surface area contributed by atoms with Crippen molar-refractivity contribution in [3.05, 3.63) is 58.9 Å². The van der Waals surface area contributed by atoms with Gasteiger partial charge in [-0.2, -0.15) is 0 Å². The SMILES string of the molecule is CCOC[C@H](C[C@@H](Cc1ccc(-c2cc(Cl)ccc2F)cc1)NC(=O)C1CC(C(C)=O)NN1)C(=O)O. The second kappa shape index (κ2) is 12.9. The van der Waals surface area contributed by atoms with Crippen molar-refractivity contribution < 1.29 is 28.6 Å². The van der Waals surface area contributed by atoms with E-state index in [9.17, 15) is 23.9 Å². The highest BCUT2D eigenvalue weighted by atomic mass is 35.5. The van der Waals surface area contributed by atoms with E-state index in [1.807, 2.05) is 12.1 Å². The molecule has 2 aromatic carbocycles. The summed E-state index contributed by atoms with van der Waals surface area (Å²) in [5.74, 6) is -2.61. The van der Waals surface area contributed by atoms with Crippen molar-refractivity contribution in [3.8, 4) is 11.1 Å². The van der Waals surface area contributed by atoms with Gasteiger partial charge in [0.15, 0.2) is 0 Å². The first kappa shape index (κ1) is 27.7. The summed E-state index contributed by atoms with van der Waals surface area (Å²) in [6.45, 7) is 3.65. The van der Waals surface area contributed by atoms with Crippen LogP contribution in [0.1, 0.15) is 32.3 Å². The predicted octanol–water partition coefficient (Wildman–Crippen LogP) is 3.12. The number of carboxylic acids is 1. The summed E-state index contributed by atoms with van der Waals surface area (Å²) >= 11 is 6.01. The van der Waals surface area contributed by atoms with Crippen molar-refractivity contribution in [3.63, 3.8) is 0 Å². The molecule has 0 saturated carbocycles. The van der Waals surface area contributed by atoms with Crippen LogP contribution in [0.2, 0.25) is 5.02 Å². The van der Waals surface area contributed by atoms with E-state index in [1.165, 1.54) is 19.1 Å². The van der Waals surface area contributed by atoms with Gasteiger partial charge in [0.05, 0.1) is 18.6 Å². The summed E-state index contributed by atoms with van der Waals surface area (Å²) in [6, 6.07) is 9.91. The molecule has 0 radical (unpaired) electrons. The molecule has 4 atom stereocenters. The van der Waals surface area contributed by atoms with Crippen molar-refractivity contribution in [2.24, 2.45) is 5.92 Å². The van der Waals surface area contributed by atoms with E-state index in [0.717, 1.165) is 5.56 Å². The molecule has 0 spiro atoms. The molecule has 10 heteroatoms. The third-order valence-electron chi connectivity index (χ3n) is 6.17. The topological polar surface area (TPSA) is 117 Å². The van der Waals surface area contributed by atoms with Gasteiger partial charge in [-0.15, -0.1) is 0 Å². The molecule has 2 aromatic rings. The van der Waals surface area contributed by atoms with Crippen LogP contribution in [0.3, 0.4) is 0 Å². The third-order valence-corrected chi connectivity index (χ3v) is 6.41. The first-order chi connectivity index (χ1) is 17.2. The molecule has 8 nitrogen and oxygen atoms in total. The minimum absolute atomic E-state index is 0.0286. The molecule has 0 aliphatic carbocycles. The smallest absolute Gasteiger partial charge is 0.308 e. The lowest BCUT2D eigenvalue weighted by atomic mass is 9.93. The zero-order valence-electron chi connectivity index (χ0n) is 20.2. The Bertz CT molecular complexity index is 1080. The van der Waals surface area contributed by atoms with Gasteiger partial charge in [-0.1, -0.05) is 35.9 Å². The maximum Gasteiger partial charge on any atom is 0.308 e. The maximum absolute atomic E-state index is 14.2. The highest BCUT2D eigenvalue weighted by Gasteiger charge is 2.33. The van der Waals surface area contributed by atoms with Crippen LogP contribution >= 0.6 is 11.6 Å². The van der Waals surface area contributed by atoms with Crippen molar-refractivity contribution >= 4 is 29.3 Å². The molecular formula is C26H31ClFN3O5. The lowest BCUT2D eigenvalue weighted by Crippen LogP contribution is -2.48. The number of Topliss-reactive ketones (excluding diaryl/α,β-unsaturated/α-hetero) is 1. The summed E-state index contributed by atoms with van der Waals surface area (Å²) in [5, 5.41) is 13.0. The van der Waals surface area contributed by atoms with Gasteiger partial charge in [0, 0.05) is 23.2 Å². The molecule has 1 heterocycles. The minimum atomic E-state index is -1.01. The van der Waals surface area contributed by atoms with E-state index in [0.29, 0.717) is 35.6 Å². The van der Waals surface area contributed by atoms with E-state index in [1.54, 1.807) is 25.1 Å². The second-order valence-electron chi connectivity index (χ2n) is 8.90. The fraction of sp³-hybridized carbons (Fsp3) is 0.423. The number of halogens is 2. The molecule has 1 amide bonds. The Morgan fingerprint density at radius 2 is 1.86 bits per heavy atom. The third kappa shape index (κ3) is 7.57. The molecule has 4 N–H and O–H groups in total. The highest BCUT2D eigenvalue weighted by Crippen LogP contribution is 2.27. The Kier molecular flexibility index (Phi) is 9.95. The predicted molar refractivity (Wildman–Crippen MR) is 134 cm³/mol. The van der Waals surface area contributed by atoms with Crippen LogP contribution in [0.15, 0.2) is 42.5 Å². The highest BCUT2D eigenvalue weighted by molar-refractivity contribution is 6.30. The Morgan fingerprint density at radius 3 is 2.47 bits per heavy atom. The van der Waals surface area contributed by atoms with E-state index in [2.05, 4.69) is 16.2 Å². The number of rotatable bonds is 12. The molecule has 1 aliphatic heterocycles. The number of carboxylic acid groups (broad SMARTS) is 1. The van der Waals surface area contributed by atoms with Crippen LogP contribution in [0.5, 0.6) is 0 Å². The zero-order chi connectivity index (χ0) is 26.2. The molecular weight excluding hydrogens is 489 g/mol. The molecule has 2 unspecified atom stereocenters. The monoisotopic (exact) mass is 519 g/mol. The summed E-state index contributed by atoms with van der Waals surface area (Å²) in [7, 11) is 0. The second-order valence-corrected chi connectivity index (χ2v) is 9.34. The average Bonchev–Trinajstić information content (AvgIpc) is 3.34. The first-order valence-electron chi connectivity index (χ1n) is 11.8. The largest absolute Gasteiger partial charge is 0.481 e. The van der Waals surface area contributed by atoms with Crippen molar-refractivity contribution in [2.45, 2.75) is 51.2 Å². The molecule has 1 aliphatic rings. The number of hydrogen-bond donors (Lipinski definition) is 4. The number of ether oxygens (including phenoxy) is 1. The Labute approximate surface area is 214 Å². The standard InChI is InChI=1S/C26H31ClFN3O5/c1-3-36-14-18(26(34)35)11-20(29-25(33)24-13-23(15(2)32)30-31-24)10-16-4-6-17(7-5-16)21-12-19(27)8-9-22(21)28/h4-9,12,18,20,23-24,30-31H,3,10-11,13-14H2,1-2H3,(H,29,33)(H,34,35)/t18-,20+,23?,24?/m0/s1. The number of hydrazine groups is 1. The Hall–Kier alpha value is -2.85. The number of benzene rings is 2. The van der Waals surface area contributed by atoms with E-state index in [4.69, 9.17) is 16.3 Å². The zero-order valence-corrected chi connectivity index (χ0v) is 21.0. The number of nitrogens with one attached hydrogen (secondary N) is 3. The number of hydrogen-bond acceptors (Lipinski definition) is 6. The van der Waals surface area contributed by atoms with Gasteiger partial charge < -0.3 is 15.2 Å². The van der Waals surface area contributed by atoms with Gasteiger partial charge in [-0.3, -0.25) is 14.4 Å². The fourth-order valence-electron chi connectivity index (χ4n) is 4.16. The molecule has 194 valence electrons. The normalized spacial score (nSPS) is 19.0. The van der Waals surface area contributed by atoms with E-state index < -0.39 is 30.0 Å². The number of amides is 1. The van der Waals surface area contributed by atoms with Crippen LogP contribution in [-0.4, -0.2) is 54.1 Å². The molecule has 36 heavy (non-hydrogen) atoms. The summed E-state index contributed by atoms with van der Waals surface area (Å²) < 4.78 is 19.6. The fourth-order valence-corrected chi connectivity index (χ4v) is 4.33. The molecule has 0 bridgehead atoms. The van der Waals surface area contributed by atoms with Crippen molar-refractivity contribution in [2.75, 3.05) is 13.2 Å². The summed E-state index contributed by atoms with van der Waals surface area (Å²) in [5.41, 5.74) is 7.51. The lowest BCUT2D eigenvalue weighted by Gasteiger charge is -2.24. The number of carbonyl (C=O) groups excluding carboxylic acids is 2. The Balaban J connectivity index is 1.76. The molecule has 1 fully saturated rings. The van der Waals surface area contributed by atoms with Gasteiger partial charge in [-0.05, 0) is 62.4 Å². The average molecular weight is 520 g/mol. The number of aliphatic carboxylic acids is 1. The van der Waals surface area contributed by atoms with Crippen LogP contribution in [-0.2, 0) is 25.5 Å². The van der Waals surface area contributed by atoms with Crippen molar-refractivity contribution in [1.29, 1.82) is 0 Å². The lowest BCUT2D eigenvalue weighted by molar-refractivity contribution is -0.144. The Morgan fingerprint density at radius 1 is 1.17 bits per heavy atom. The van der Waals surface area contributed by atoms with E-state index in [-0.39, 0.29) is 30.5 Å². The first-order valence-corrected chi connectivity index (χ1v) is 12.2. The van der Waals surface area contributed by atoms with Crippen LogP contribution < -0.4 is 16.2 Å². The van der Waals surface area contributed by atoms with Crippen molar-refractivity contribution in [1.82, 2.24) is 16.2 Å². The number of carbonyl (C=O) groups is 3.